The molecule has 1 saturated heterocycles. The molecule has 1 aliphatic heterocycles. The first kappa shape index (κ1) is 20.7. The summed E-state index contributed by atoms with van der Waals surface area (Å²) >= 11 is 6.48. The first-order valence-corrected chi connectivity index (χ1v) is 9.54. The van der Waals surface area contributed by atoms with E-state index in [4.69, 9.17) is 26.4 Å². The molecule has 2 aromatic carbocycles. The molecule has 3 rings (SSSR count). The number of methoxy groups -OCH3 is 3. The second kappa shape index (κ2) is 8.54. The van der Waals surface area contributed by atoms with E-state index >= 15 is 0 Å². The molecule has 0 unspecified atom stereocenters. The minimum Gasteiger partial charge on any atom is -0.502 e. The molecular weight excluding hydrogens is 414 g/mol. The number of esters is 1. The van der Waals surface area contributed by atoms with Crippen LogP contribution in [0.5, 0.6) is 17.2 Å². The fraction of sp³-hybridized carbons (Fsp3) is 0.150. The van der Waals surface area contributed by atoms with E-state index in [1.807, 2.05) is 0 Å². The number of phenolic OH excluding ortho intramolecular Hbond substituents is 1. The molecule has 29 heavy (non-hydrogen) atoms. The van der Waals surface area contributed by atoms with Gasteiger partial charge in [-0.1, -0.05) is 36.1 Å². The van der Waals surface area contributed by atoms with Crippen LogP contribution in [-0.2, 0) is 9.53 Å². The molecule has 0 radical (unpaired) electrons. The number of carbonyl (C=O) groups excluding carboxylic acids is 2. The molecule has 1 N–H and O–H groups in total. The van der Waals surface area contributed by atoms with Gasteiger partial charge in [-0.15, -0.1) is 0 Å². The highest BCUT2D eigenvalue weighted by atomic mass is 32.2. The van der Waals surface area contributed by atoms with Crippen LogP contribution in [0.3, 0.4) is 0 Å². The zero-order valence-electron chi connectivity index (χ0n) is 15.8. The van der Waals surface area contributed by atoms with Crippen LogP contribution < -0.4 is 14.4 Å². The van der Waals surface area contributed by atoms with E-state index in [0.717, 1.165) is 11.8 Å². The van der Waals surface area contributed by atoms with Crippen molar-refractivity contribution in [1.82, 2.24) is 0 Å². The second-order valence-electron chi connectivity index (χ2n) is 5.80. The number of para-hydroxylation sites is 1. The fourth-order valence-electron chi connectivity index (χ4n) is 2.78. The summed E-state index contributed by atoms with van der Waals surface area (Å²) in [5.74, 6) is -0.648. The van der Waals surface area contributed by atoms with Gasteiger partial charge in [-0.3, -0.25) is 9.69 Å². The molecule has 0 bridgehead atoms. The van der Waals surface area contributed by atoms with Gasteiger partial charge in [0.15, 0.2) is 15.8 Å². The Labute approximate surface area is 176 Å². The lowest BCUT2D eigenvalue weighted by Crippen LogP contribution is -2.29. The predicted molar refractivity (Wildman–Crippen MR) is 115 cm³/mol. The zero-order valence-corrected chi connectivity index (χ0v) is 17.4. The third-order valence-corrected chi connectivity index (χ3v) is 5.45. The molecule has 0 atom stereocenters. The Morgan fingerprint density at radius 3 is 2.34 bits per heavy atom. The summed E-state index contributed by atoms with van der Waals surface area (Å²) in [5, 5.41) is 10.0. The number of thioether (sulfide) groups is 1. The molecule has 0 saturated carbocycles. The summed E-state index contributed by atoms with van der Waals surface area (Å²) < 4.78 is 15.4. The second-order valence-corrected chi connectivity index (χ2v) is 7.48. The van der Waals surface area contributed by atoms with Crippen LogP contribution in [0.2, 0.25) is 0 Å². The van der Waals surface area contributed by atoms with E-state index in [1.54, 1.807) is 42.5 Å². The van der Waals surface area contributed by atoms with Gasteiger partial charge in [0.2, 0.25) is 5.75 Å². The molecular formula is C20H17NO6S2. The Hall–Kier alpha value is -3.04. The quantitative estimate of drug-likeness (QED) is 0.437. The van der Waals surface area contributed by atoms with Crippen molar-refractivity contribution in [1.29, 1.82) is 0 Å². The summed E-state index contributed by atoms with van der Waals surface area (Å²) in [5.41, 5.74) is 1.17. The number of thiocarbonyl (C=S) groups is 1. The van der Waals surface area contributed by atoms with Crippen molar-refractivity contribution in [3.8, 4) is 17.2 Å². The van der Waals surface area contributed by atoms with Gasteiger partial charge < -0.3 is 19.3 Å². The first-order valence-electron chi connectivity index (χ1n) is 8.31. The smallest absolute Gasteiger partial charge is 0.339 e. The summed E-state index contributed by atoms with van der Waals surface area (Å²) in [6.45, 7) is 0. The molecule has 7 nitrogen and oxygen atoms in total. The van der Waals surface area contributed by atoms with Gasteiger partial charge in [0, 0.05) is 0 Å². The minimum atomic E-state index is -0.563. The van der Waals surface area contributed by atoms with E-state index in [-0.39, 0.29) is 33.0 Å². The van der Waals surface area contributed by atoms with E-state index < -0.39 is 5.97 Å². The molecule has 1 aliphatic rings. The number of anilines is 1. The maximum atomic E-state index is 13.0. The summed E-state index contributed by atoms with van der Waals surface area (Å²) in [6, 6.07) is 9.74. The molecule has 9 heteroatoms. The highest BCUT2D eigenvalue weighted by Gasteiger charge is 2.35. The molecule has 2 aromatic rings. The molecule has 1 amide bonds. The van der Waals surface area contributed by atoms with E-state index in [1.165, 1.54) is 26.2 Å². The van der Waals surface area contributed by atoms with Crippen LogP contribution in [0.15, 0.2) is 41.3 Å². The van der Waals surface area contributed by atoms with Crippen molar-refractivity contribution in [2.75, 3.05) is 26.2 Å². The number of nitrogens with zero attached hydrogens (tertiary/aromatic N) is 1. The third-order valence-electron chi connectivity index (χ3n) is 4.14. The van der Waals surface area contributed by atoms with Crippen molar-refractivity contribution < 1.29 is 28.9 Å². The van der Waals surface area contributed by atoms with Crippen molar-refractivity contribution in [2.24, 2.45) is 0 Å². The van der Waals surface area contributed by atoms with Gasteiger partial charge in [-0.05, 0) is 35.9 Å². The number of hydrogen-bond acceptors (Lipinski definition) is 8. The molecule has 150 valence electrons. The number of amides is 1. The number of rotatable bonds is 5. The topological polar surface area (TPSA) is 85.3 Å². The highest BCUT2D eigenvalue weighted by Crippen LogP contribution is 2.41. The standard InChI is InChI=1S/C20H17NO6S2/c1-25-14-8-11(9-15(26-2)17(14)22)10-16-18(23)21(20(28)29-16)13-7-5-4-6-12(13)19(24)27-3/h4-10,22H,1-3H3/b16-10-. The van der Waals surface area contributed by atoms with Gasteiger partial charge in [0.05, 0.1) is 37.5 Å². The normalized spacial score (nSPS) is 15.0. The number of phenols is 1. The lowest BCUT2D eigenvalue weighted by Gasteiger charge is -2.17. The van der Waals surface area contributed by atoms with Crippen LogP contribution >= 0.6 is 24.0 Å². The number of ether oxygens (including phenoxy) is 3. The van der Waals surface area contributed by atoms with Crippen LogP contribution in [0, 0.1) is 0 Å². The predicted octanol–water partition coefficient (Wildman–Crippen LogP) is 3.60. The Morgan fingerprint density at radius 1 is 1.14 bits per heavy atom. The number of hydrogen-bond donors (Lipinski definition) is 1. The largest absolute Gasteiger partial charge is 0.502 e. The van der Waals surface area contributed by atoms with Crippen LogP contribution in [0.4, 0.5) is 5.69 Å². The van der Waals surface area contributed by atoms with E-state index in [9.17, 15) is 14.7 Å². The monoisotopic (exact) mass is 431 g/mol. The number of benzene rings is 2. The average molecular weight is 431 g/mol. The Morgan fingerprint density at radius 2 is 1.76 bits per heavy atom. The SMILES string of the molecule is COC(=O)c1ccccc1N1C(=O)/C(=C/c2cc(OC)c(O)c(OC)c2)SC1=S. The van der Waals surface area contributed by atoms with Crippen LogP contribution in [0.25, 0.3) is 6.08 Å². The minimum absolute atomic E-state index is 0.133. The van der Waals surface area contributed by atoms with Gasteiger partial charge >= 0.3 is 5.97 Å². The first-order chi connectivity index (χ1) is 13.9. The van der Waals surface area contributed by atoms with Crippen molar-refractivity contribution in [2.45, 2.75) is 0 Å². The van der Waals surface area contributed by atoms with Gasteiger partial charge in [-0.2, -0.15) is 0 Å². The Kier molecular flexibility index (Phi) is 6.09. The summed E-state index contributed by atoms with van der Waals surface area (Å²) in [4.78, 5) is 26.8. The highest BCUT2D eigenvalue weighted by molar-refractivity contribution is 8.27. The Bertz CT molecular complexity index is 1010. The van der Waals surface area contributed by atoms with Crippen molar-refractivity contribution in [3.63, 3.8) is 0 Å². The van der Waals surface area contributed by atoms with Crippen LogP contribution in [0.1, 0.15) is 15.9 Å². The van der Waals surface area contributed by atoms with Gasteiger partial charge in [0.1, 0.15) is 0 Å². The lowest BCUT2D eigenvalue weighted by atomic mass is 10.1. The maximum Gasteiger partial charge on any atom is 0.339 e. The average Bonchev–Trinajstić information content (AvgIpc) is 3.01. The van der Waals surface area contributed by atoms with E-state index in [2.05, 4.69) is 0 Å². The molecule has 1 heterocycles. The van der Waals surface area contributed by atoms with Gasteiger partial charge in [0.25, 0.3) is 5.91 Å². The van der Waals surface area contributed by atoms with E-state index in [0.29, 0.717) is 16.2 Å². The molecule has 0 aromatic heterocycles. The fourth-order valence-corrected chi connectivity index (χ4v) is 4.06. The maximum absolute atomic E-state index is 13.0. The number of aromatic hydroxyl groups is 1. The Balaban J connectivity index is 2.02. The molecule has 0 spiro atoms. The molecule has 0 aliphatic carbocycles. The molecule has 1 fully saturated rings. The summed E-state index contributed by atoms with van der Waals surface area (Å²) in [6.07, 6.45) is 1.62. The lowest BCUT2D eigenvalue weighted by molar-refractivity contribution is -0.113. The number of carbonyl (C=O) groups is 2. The van der Waals surface area contributed by atoms with Crippen LogP contribution in [-0.4, -0.2) is 42.6 Å². The summed E-state index contributed by atoms with van der Waals surface area (Å²) in [7, 11) is 4.11. The van der Waals surface area contributed by atoms with Crippen molar-refractivity contribution >= 4 is 51.9 Å². The van der Waals surface area contributed by atoms with Gasteiger partial charge in [-0.25, -0.2) is 4.79 Å². The zero-order chi connectivity index (χ0) is 21.1. The van der Waals surface area contributed by atoms with Crippen molar-refractivity contribution in [3.05, 3.63) is 52.4 Å². The third kappa shape index (κ3) is 3.92.